The van der Waals surface area contributed by atoms with Crippen LogP contribution in [0.5, 0.6) is 0 Å². The maximum Gasteiger partial charge on any atom is 0.417 e. The van der Waals surface area contributed by atoms with E-state index in [0.717, 1.165) is 12.1 Å². The molecule has 28 heavy (non-hydrogen) atoms. The first-order valence-corrected chi connectivity index (χ1v) is 10.1. The molecule has 1 amide bonds. The lowest BCUT2D eigenvalue weighted by Crippen LogP contribution is -2.33. The van der Waals surface area contributed by atoms with E-state index in [1.165, 1.54) is 23.1 Å². The van der Waals surface area contributed by atoms with E-state index in [0.29, 0.717) is 0 Å². The monoisotopic (exact) mass is 434 g/mol. The summed E-state index contributed by atoms with van der Waals surface area (Å²) >= 11 is 5.54. The summed E-state index contributed by atoms with van der Waals surface area (Å²) < 4.78 is 63.1. The van der Waals surface area contributed by atoms with Crippen molar-refractivity contribution in [2.45, 2.75) is 11.1 Å². The number of hydrogen-bond acceptors (Lipinski definition) is 4. The van der Waals surface area contributed by atoms with Crippen LogP contribution < -0.4 is 5.32 Å². The summed E-state index contributed by atoms with van der Waals surface area (Å²) in [6, 6.07) is 11.0. The van der Waals surface area contributed by atoms with Crippen LogP contribution in [0.2, 0.25) is 5.02 Å². The Labute approximate surface area is 166 Å². The summed E-state index contributed by atoms with van der Waals surface area (Å²) in [6.07, 6.45) is -4.64. The maximum atomic E-state index is 12.9. The van der Waals surface area contributed by atoms with Gasteiger partial charge in [-0.05, 0) is 37.4 Å². The van der Waals surface area contributed by atoms with Gasteiger partial charge in [-0.3, -0.25) is 9.69 Å². The SMILES string of the molecule is CN(CCS(=O)(=O)c1ccccc1)CC(=O)Nc1ccc(Cl)c(C(F)(F)F)c1. The zero-order valence-electron chi connectivity index (χ0n) is 14.8. The second-order valence-electron chi connectivity index (χ2n) is 6.11. The quantitative estimate of drug-likeness (QED) is 0.721. The second-order valence-corrected chi connectivity index (χ2v) is 8.63. The third kappa shape index (κ3) is 6.22. The molecule has 152 valence electrons. The van der Waals surface area contributed by atoms with Gasteiger partial charge in [0.05, 0.1) is 27.8 Å². The Balaban J connectivity index is 1.93. The minimum atomic E-state index is -4.64. The number of sulfone groups is 1. The van der Waals surface area contributed by atoms with E-state index in [1.54, 1.807) is 25.2 Å². The number of carbonyl (C=O) groups excluding carboxylic acids is 1. The van der Waals surface area contributed by atoms with Gasteiger partial charge in [-0.1, -0.05) is 29.8 Å². The summed E-state index contributed by atoms with van der Waals surface area (Å²) in [7, 11) is -1.95. The van der Waals surface area contributed by atoms with Gasteiger partial charge in [0.2, 0.25) is 5.91 Å². The molecule has 0 heterocycles. The standard InChI is InChI=1S/C18H18ClF3N2O3S/c1-24(9-10-28(26,27)14-5-3-2-4-6-14)12-17(25)23-13-7-8-16(19)15(11-13)18(20,21)22/h2-8,11H,9-10,12H2,1H3,(H,23,25). The van der Waals surface area contributed by atoms with Gasteiger partial charge in [0.25, 0.3) is 0 Å². The first-order chi connectivity index (χ1) is 13.0. The number of halogens is 4. The van der Waals surface area contributed by atoms with Gasteiger partial charge >= 0.3 is 6.18 Å². The first kappa shape index (κ1) is 22.2. The highest BCUT2D eigenvalue weighted by atomic mass is 35.5. The molecule has 0 saturated carbocycles. The molecule has 0 bridgehead atoms. The molecule has 0 unspecified atom stereocenters. The Bertz CT molecular complexity index is 935. The fraction of sp³-hybridized carbons (Fsp3) is 0.278. The molecular weight excluding hydrogens is 417 g/mol. The van der Waals surface area contributed by atoms with Crippen molar-refractivity contribution in [2.75, 3.05) is 31.2 Å². The zero-order chi connectivity index (χ0) is 20.9. The summed E-state index contributed by atoms with van der Waals surface area (Å²) in [5.41, 5.74) is -1.10. The van der Waals surface area contributed by atoms with Gasteiger partial charge in [0.15, 0.2) is 9.84 Å². The van der Waals surface area contributed by atoms with Gasteiger partial charge < -0.3 is 5.32 Å². The van der Waals surface area contributed by atoms with Crippen LogP contribution in [-0.4, -0.2) is 45.1 Å². The molecule has 2 aromatic carbocycles. The van der Waals surface area contributed by atoms with Crippen molar-refractivity contribution in [1.29, 1.82) is 0 Å². The third-order valence-corrected chi connectivity index (χ3v) is 5.85. The van der Waals surface area contributed by atoms with Crippen molar-refractivity contribution in [3.8, 4) is 0 Å². The van der Waals surface area contributed by atoms with E-state index in [1.807, 2.05) is 0 Å². The largest absolute Gasteiger partial charge is 0.417 e. The first-order valence-electron chi connectivity index (χ1n) is 8.12. The Morgan fingerprint density at radius 3 is 2.39 bits per heavy atom. The summed E-state index contributed by atoms with van der Waals surface area (Å²) in [5, 5.41) is 1.89. The topological polar surface area (TPSA) is 66.5 Å². The fourth-order valence-corrected chi connectivity index (χ4v) is 3.95. The number of anilines is 1. The smallest absolute Gasteiger partial charge is 0.325 e. The Morgan fingerprint density at radius 2 is 1.79 bits per heavy atom. The molecule has 5 nitrogen and oxygen atoms in total. The molecule has 1 N–H and O–H groups in total. The molecule has 2 rings (SSSR count). The third-order valence-electron chi connectivity index (χ3n) is 3.81. The number of carbonyl (C=O) groups is 1. The van der Waals surface area contributed by atoms with Crippen LogP contribution >= 0.6 is 11.6 Å². The lowest BCUT2D eigenvalue weighted by molar-refractivity contribution is -0.137. The van der Waals surface area contributed by atoms with Crippen molar-refractivity contribution in [3.05, 3.63) is 59.1 Å². The fourth-order valence-electron chi connectivity index (χ4n) is 2.37. The van der Waals surface area contributed by atoms with Crippen LogP contribution in [-0.2, 0) is 20.8 Å². The number of likely N-dealkylation sites (N-methyl/N-ethyl adjacent to an activating group) is 1. The molecule has 10 heteroatoms. The van der Waals surface area contributed by atoms with Crippen LogP contribution in [0.4, 0.5) is 18.9 Å². The van der Waals surface area contributed by atoms with Gasteiger partial charge in [0.1, 0.15) is 0 Å². The van der Waals surface area contributed by atoms with E-state index in [2.05, 4.69) is 5.32 Å². The lowest BCUT2D eigenvalue weighted by Gasteiger charge is -2.17. The maximum absolute atomic E-state index is 12.9. The van der Waals surface area contributed by atoms with E-state index in [-0.39, 0.29) is 29.4 Å². The molecule has 0 atom stereocenters. The molecule has 0 aliphatic heterocycles. The molecule has 0 fully saturated rings. The average molecular weight is 435 g/mol. The van der Waals surface area contributed by atoms with Crippen molar-refractivity contribution in [2.24, 2.45) is 0 Å². The van der Waals surface area contributed by atoms with Crippen molar-refractivity contribution >= 4 is 33.0 Å². The predicted molar refractivity (Wildman–Crippen MR) is 101 cm³/mol. The van der Waals surface area contributed by atoms with Crippen LogP contribution in [0.25, 0.3) is 0 Å². The number of hydrogen-bond donors (Lipinski definition) is 1. The summed E-state index contributed by atoms with van der Waals surface area (Å²) in [4.78, 5) is 13.7. The predicted octanol–water partition coefficient (Wildman–Crippen LogP) is 3.70. The molecule has 0 aromatic heterocycles. The van der Waals surface area contributed by atoms with Crippen molar-refractivity contribution < 1.29 is 26.4 Å². The number of amides is 1. The van der Waals surface area contributed by atoms with E-state index < -0.39 is 32.5 Å². The number of nitrogens with zero attached hydrogens (tertiary/aromatic N) is 1. The Hall–Kier alpha value is -2.10. The summed E-state index contributed by atoms with van der Waals surface area (Å²) in [5.74, 6) is -0.769. The lowest BCUT2D eigenvalue weighted by atomic mass is 10.2. The number of benzene rings is 2. The minimum absolute atomic E-state index is 0.0490. The van der Waals surface area contributed by atoms with E-state index >= 15 is 0 Å². The van der Waals surface area contributed by atoms with Crippen LogP contribution in [0.15, 0.2) is 53.4 Å². The second kappa shape index (κ2) is 8.93. The van der Waals surface area contributed by atoms with Gasteiger partial charge in [-0.2, -0.15) is 13.2 Å². The number of alkyl halides is 3. The molecule has 0 spiro atoms. The van der Waals surface area contributed by atoms with Crippen LogP contribution in [0.1, 0.15) is 5.56 Å². The number of nitrogens with one attached hydrogen (secondary N) is 1. The van der Waals surface area contributed by atoms with Crippen molar-refractivity contribution in [3.63, 3.8) is 0 Å². The zero-order valence-corrected chi connectivity index (χ0v) is 16.4. The van der Waals surface area contributed by atoms with Gasteiger partial charge in [-0.15, -0.1) is 0 Å². The number of rotatable bonds is 7. The molecule has 0 aliphatic rings. The highest BCUT2D eigenvalue weighted by Gasteiger charge is 2.33. The van der Waals surface area contributed by atoms with Crippen LogP contribution in [0, 0.1) is 0 Å². The minimum Gasteiger partial charge on any atom is -0.325 e. The van der Waals surface area contributed by atoms with Gasteiger partial charge in [-0.25, -0.2) is 8.42 Å². The molecule has 0 aliphatic carbocycles. The molecule has 0 radical (unpaired) electrons. The summed E-state index contributed by atoms with van der Waals surface area (Å²) in [6.45, 7) is -0.104. The average Bonchev–Trinajstić information content (AvgIpc) is 2.61. The van der Waals surface area contributed by atoms with Crippen molar-refractivity contribution in [1.82, 2.24) is 4.90 Å². The van der Waals surface area contributed by atoms with E-state index in [4.69, 9.17) is 11.6 Å². The molecule has 2 aromatic rings. The Morgan fingerprint density at radius 1 is 1.14 bits per heavy atom. The molecule has 0 saturated heterocycles. The van der Waals surface area contributed by atoms with E-state index in [9.17, 15) is 26.4 Å². The van der Waals surface area contributed by atoms with Gasteiger partial charge in [0, 0.05) is 12.2 Å². The highest BCUT2D eigenvalue weighted by Crippen LogP contribution is 2.36. The van der Waals surface area contributed by atoms with Crippen LogP contribution in [0.3, 0.4) is 0 Å². The highest BCUT2D eigenvalue weighted by molar-refractivity contribution is 7.91. The normalized spacial score (nSPS) is 12.2. The molecular formula is C18H18ClF3N2O3S. The Kier molecular flexibility index (Phi) is 7.08.